The molecule has 0 aromatic heterocycles. The normalized spacial score (nSPS) is 21.6. The van der Waals surface area contributed by atoms with Crippen molar-refractivity contribution in [2.24, 2.45) is 0 Å². The van der Waals surface area contributed by atoms with Crippen molar-refractivity contribution in [3.63, 3.8) is 0 Å². The third-order valence-electron chi connectivity index (χ3n) is 3.91. The summed E-state index contributed by atoms with van der Waals surface area (Å²) in [5.74, 6) is -0.402. The number of hydrogen-bond acceptors (Lipinski definition) is 4. The van der Waals surface area contributed by atoms with Crippen molar-refractivity contribution >= 4 is 28.9 Å². The summed E-state index contributed by atoms with van der Waals surface area (Å²) in [6, 6.07) is 3.52. The van der Waals surface area contributed by atoms with Crippen LogP contribution in [-0.2, 0) is 16.1 Å². The van der Waals surface area contributed by atoms with Gasteiger partial charge in [0.05, 0.1) is 35.6 Å². The number of rotatable bonds is 2. The summed E-state index contributed by atoms with van der Waals surface area (Å²) in [5.41, 5.74) is 1.55. The summed E-state index contributed by atoms with van der Waals surface area (Å²) in [6.07, 6.45) is 1.61. The van der Waals surface area contributed by atoms with E-state index in [-0.39, 0.29) is 6.61 Å². The van der Waals surface area contributed by atoms with Crippen LogP contribution in [0.25, 0.3) is 0 Å². The predicted molar refractivity (Wildman–Crippen MR) is 78.5 cm³/mol. The van der Waals surface area contributed by atoms with Crippen LogP contribution >= 0.6 is 23.2 Å². The molecule has 6 heteroatoms. The number of hydrogen-bond donors (Lipinski definition) is 1. The van der Waals surface area contributed by atoms with Gasteiger partial charge in [-0.1, -0.05) is 23.2 Å². The number of piperidine rings is 1. The van der Waals surface area contributed by atoms with Gasteiger partial charge in [0.25, 0.3) is 0 Å². The number of nitrogens with zero attached hydrogens (tertiary/aromatic N) is 1. The van der Waals surface area contributed by atoms with Gasteiger partial charge in [-0.25, -0.2) is 0 Å². The van der Waals surface area contributed by atoms with E-state index in [1.165, 1.54) is 0 Å². The Labute approximate surface area is 128 Å². The average Bonchev–Trinajstić information content (AvgIpc) is 2.88. The second-order valence-corrected chi connectivity index (χ2v) is 5.98. The van der Waals surface area contributed by atoms with Gasteiger partial charge in [0.1, 0.15) is 0 Å². The van der Waals surface area contributed by atoms with E-state index >= 15 is 0 Å². The smallest absolute Gasteiger partial charge is 0.171 e. The molecule has 0 amide bonds. The van der Waals surface area contributed by atoms with Crippen LogP contribution in [0.2, 0.25) is 10.0 Å². The van der Waals surface area contributed by atoms with Gasteiger partial charge < -0.3 is 19.5 Å². The van der Waals surface area contributed by atoms with Gasteiger partial charge in [0.2, 0.25) is 0 Å². The number of aliphatic hydroxyl groups is 1. The van der Waals surface area contributed by atoms with Crippen molar-refractivity contribution in [2.75, 3.05) is 31.2 Å². The number of halogens is 2. The van der Waals surface area contributed by atoms with Gasteiger partial charge in [0.15, 0.2) is 5.79 Å². The van der Waals surface area contributed by atoms with Crippen molar-refractivity contribution in [2.45, 2.75) is 25.2 Å². The molecular weight excluding hydrogens is 301 g/mol. The summed E-state index contributed by atoms with van der Waals surface area (Å²) in [5, 5.41) is 10.3. The summed E-state index contributed by atoms with van der Waals surface area (Å²) in [4.78, 5) is 2.15. The van der Waals surface area contributed by atoms with Crippen molar-refractivity contribution in [1.82, 2.24) is 0 Å². The molecule has 20 heavy (non-hydrogen) atoms. The lowest BCUT2D eigenvalue weighted by Gasteiger charge is -2.39. The number of ether oxygens (including phenoxy) is 2. The van der Waals surface area contributed by atoms with Gasteiger partial charge in [-0.2, -0.15) is 0 Å². The Bertz CT molecular complexity index is 470. The first-order chi connectivity index (χ1) is 9.63. The third-order valence-corrected chi connectivity index (χ3v) is 4.49. The van der Waals surface area contributed by atoms with Crippen molar-refractivity contribution in [1.29, 1.82) is 0 Å². The first-order valence-corrected chi connectivity index (χ1v) is 7.51. The molecule has 1 spiro atoms. The minimum Gasteiger partial charge on any atom is -0.392 e. The molecule has 2 fully saturated rings. The predicted octanol–water partition coefficient (Wildman–Crippen LogP) is 2.83. The fourth-order valence-electron chi connectivity index (χ4n) is 2.87. The Morgan fingerprint density at radius 3 is 2.15 bits per heavy atom. The molecule has 0 atom stereocenters. The van der Waals surface area contributed by atoms with Crippen LogP contribution in [0.1, 0.15) is 18.4 Å². The van der Waals surface area contributed by atoms with E-state index in [2.05, 4.69) is 4.90 Å². The topological polar surface area (TPSA) is 41.9 Å². The fraction of sp³-hybridized carbons (Fsp3) is 0.571. The SMILES string of the molecule is OCc1cc(Cl)c(N2CCC3(CC2)OCCO3)c(Cl)c1. The van der Waals surface area contributed by atoms with E-state index in [1.807, 2.05) is 0 Å². The highest BCUT2D eigenvalue weighted by Gasteiger charge is 2.40. The van der Waals surface area contributed by atoms with Gasteiger partial charge in [0, 0.05) is 25.9 Å². The molecule has 2 aliphatic heterocycles. The van der Waals surface area contributed by atoms with Gasteiger partial charge in [-0.05, 0) is 17.7 Å². The second kappa shape index (κ2) is 5.70. The quantitative estimate of drug-likeness (QED) is 0.910. The molecule has 4 nitrogen and oxygen atoms in total. The maximum atomic E-state index is 9.16. The largest absolute Gasteiger partial charge is 0.392 e. The van der Waals surface area contributed by atoms with Gasteiger partial charge in [-0.3, -0.25) is 0 Å². The second-order valence-electron chi connectivity index (χ2n) is 5.16. The highest BCUT2D eigenvalue weighted by atomic mass is 35.5. The van der Waals surface area contributed by atoms with Gasteiger partial charge >= 0.3 is 0 Å². The Hall–Kier alpha value is -0.520. The summed E-state index contributed by atoms with van der Waals surface area (Å²) < 4.78 is 11.4. The van der Waals surface area contributed by atoms with Crippen molar-refractivity contribution in [3.05, 3.63) is 27.7 Å². The van der Waals surface area contributed by atoms with Crippen LogP contribution in [0, 0.1) is 0 Å². The van der Waals surface area contributed by atoms with E-state index in [0.29, 0.717) is 23.3 Å². The standard InChI is InChI=1S/C14H17Cl2NO3/c15-11-7-10(9-18)8-12(16)13(11)17-3-1-14(2-4-17)19-5-6-20-14/h7-8,18H,1-6,9H2. The molecule has 2 heterocycles. The molecule has 2 aliphatic rings. The lowest BCUT2D eigenvalue weighted by atomic mass is 10.0. The number of anilines is 1. The molecule has 0 saturated carbocycles. The Morgan fingerprint density at radius 2 is 1.65 bits per heavy atom. The van der Waals surface area contributed by atoms with Crippen LogP contribution in [0.5, 0.6) is 0 Å². The number of benzene rings is 1. The zero-order valence-electron chi connectivity index (χ0n) is 11.1. The molecule has 0 bridgehead atoms. The molecule has 0 radical (unpaired) electrons. The highest BCUT2D eigenvalue weighted by Crippen LogP contribution is 2.39. The molecule has 1 N–H and O–H groups in total. The lowest BCUT2D eigenvalue weighted by molar-refractivity contribution is -0.169. The maximum Gasteiger partial charge on any atom is 0.171 e. The first kappa shape index (κ1) is 14.4. The summed E-state index contributed by atoms with van der Waals surface area (Å²) in [7, 11) is 0. The highest BCUT2D eigenvalue weighted by molar-refractivity contribution is 6.39. The average molecular weight is 318 g/mol. The zero-order valence-corrected chi connectivity index (χ0v) is 12.6. The summed E-state index contributed by atoms with van der Waals surface area (Å²) in [6.45, 7) is 2.86. The summed E-state index contributed by atoms with van der Waals surface area (Å²) >= 11 is 12.6. The minimum absolute atomic E-state index is 0.0650. The maximum absolute atomic E-state index is 9.16. The molecule has 110 valence electrons. The van der Waals surface area contributed by atoms with Crippen LogP contribution in [0.15, 0.2) is 12.1 Å². The fourth-order valence-corrected chi connectivity index (χ4v) is 3.64. The van der Waals surface area contributed by atoms with E-state index in [9.17, 15) is 0 Å². The van der Waals surface area contributed by atoms with Crippen molar-refractivity contribution < 1.29 is 14.6 Å². The van der Waals surface area contributed by atoms with Crippen LogP contribution in [-0.4, -0.2) is 37.2 Å². The Balaban J connectivity index is 1.78. The zero-order chi connectivity index (χ0) is 14.2. The molecule has 0 aliphatic carbocycles. The molecule has 3 rings (SSSR count). The lowest BCUT2D eigenvalue weighted by Crippen LogP contribution is -2.45. The van der Waals surface area contributed by atoms with Crippen LogP contribution in [0.3, 0.4) is 0 Å². The van der Waals surface area contributed by atoms with Crippen LogP contribution in [0.4, 0.5) is 5.69 Å². The molecular formula is C14H17Cl2NO3. The van der Waals surface area contributed by atoms with E-state index < -0.39 is 5.79 Å². The van der Waals surface area contributed by atoms with Crippen LogP contribution < -0.4 is 4.90 Å². The van der Waals surface area contributed by atoms with E-state index in [1.54, 1.807) is 12.1 Å². The molecule has 2 saturated heterocycles. The first-order valence-electron chi connectivity index (χ1n) is 6.75. The molecule has 1 aromatic carbocycles. The number of aliphatic hydroxyl groups excluding tert-OH is 1. The minimum atomic E-state index is -0.402. The van der Waals surface area contributed by atoms with Crippen molar-refractivity contribution in [3.8, 4) is 0 Å². The molecule has 0 unspecified atom stereocenters. The third kappa shape index (κ3) is 2.63. The van der Waals surface area contributed by atoms with Gasteiger partial charge in [-0.15, -0.1) is 0 Å². The van der Waals surface area contributed by atoms with E-state index in [0.717, 1.165) is 37.2 Å². The van der Waals surface area contributed by atoms with E-state index in [4.69, 9.17) is 37.8 Å². The Kier molecular flexibility index (Phi) is 4.11. The molecule has 1 aromatic rings. The Morgan fingerprint density at radius 1 is 1.10 bits per heavy atom. The monoisotopic (exact) mass is 317 g/mol.